The molecule has 0 bridgehead atoms. The molecule has 0 amide bonds. The third-order valence-corrected chi connectivity index (χ3v) is 7.82. The number of fused-ring (bicyclic) bond motifs is 1. The molecule has 2 aromatic heterocycles. The number of thiazole rings is 2. The van der Waals surface area contributed by atoms with Gasteiger partial charge < -0.3 is 0 Å². The number of aryl methyl sites for hydroxylation is 1. The van der Waals surface area contributed by atoms with Crippen LogP contribution < -0.4 is 0 Å². The Labute approximate surface area is 136 Å². The average molecular weight is 350 g/mol. The van der Waals surface area contributed by atoms with E-state index in [1.54, 1.807) is 11.3 Å². The Kier molecular flexibility index (Phi) is 3.32. The smallest absolute Gasteiger partial charge is 0.211 e. The van der Waals surface area contributed by atoms with Crippen LogP contribution >= 0.6 is 22.7 Å². The molecule has 0 aliphatic heterocycles. The zero-order chi connectivity index (χ0) is 15.3. The van der Waals surface area contributed by atoms with Crippen LogP contribution in [0.3, 0.4) is 0 Å². The lowest BCUT2D eigenvalue weighted by Crippen LogP contribution is -2.04. The van der Waals surface area contributed by atoms with Gasteiger partial charge in [0.25, 0.3) is 0 Å². The quantitative estimate of drug-likeness (QED) is 0.716. The second-order valence-corrected chi connectivity index (χ2v) is 9.75. The van der Waals surface area contributed by atoms with E-state index < -0.39 is 9.84 Å². The summed E-state index contributed by atoms with van der Waals surface area (Å²) in [5.41, 5.74) is 2.47. The summed E-state index contributed by atoms with van der Waals surface area (Å²) in [5, 5.41) is 2.94. The fourth-order valence-electron chi connectivity index (χ4n) is 2.31. The van der Waals surface area contributed by atoms with E-state index in [1.807, 2.05) is 30.5 Å². The van der Waals surface area contributed by atoms with Crippen LogP contribution in [0.15, 0.2) is 27.9 Å². The lowest BCUT2D eigenvalue weighted by Gasteiger charge is -1.97. The minimum Gasteiger partial charge on any atom is -0.245 e. The fraction of sp³-hybridized carbons (Fsp3) is 0.333. The van der Waals surface area contributed by atoms with Gasteiger partial charge in [-0.1, -0.05) is 6.07 Å². The van der Waals surface area contributed by atoms with E-state index in [4.69, 9.17) is 0 Å². The molecule has 1 aliphatic carbocycles. The Morgan fingerprint density at radius 3 is 2.86 bits per heavy atom. The van der Waals surface area contributed by atoms with Gasteiger partial charge in [-0.25, -0.2) is 18.4 Å². The number of hydrogen-bond acceptors (Lipinski definition) is 6. The van der Waals surface area contributed by atoms with Crippen LogP contribution in [-0.4, -0.2) is 18.4 Å². The SMILES string of the molecule is Cc1ccc2sc(S(=O)(=O)Cc3csc(C4CC4)n3)nc2c1. The maximum absolute atomic E-state index is 12.6. The predicted octanol–water partition coefficient (Wildman–Crippen LogP) is 3.91. The first-order valence-electron chi connectivity index (χ1n) is 7.05. The largest absolute Gasteiger partial charge is 0.245 e. The van der Waals surface area contributed by atoms with Crippen LogP contribution in [0.4, 0.5) is 0 Å². The lowest BCUT2D eigenvalue weighted by atomic mass is 10.2. The van der Waals surface area contributed by atoms with E-state index >= 15 is 0 Å². The number of hydrogen-bond donors (Lipinski definition) is 0. The van der Waals surface area contributed by atoms with E-state index in [0.29, 0.717) is 11.6 Å². The summed E-state index contributed by atoms with van der Waals surface area (Å²) in [6.07, 6.45) is 2.36. The van der Waals surface area contributed by atoms with Crippen LogP contribution in [0.25, 0.3) is 10.2 Å². The van der Waals surface area contributed by atoms with Gasteiger partial charge in [0.1, 0.15) is 5.75 Å². The van der Waals surface area contributed by atoms with Gasteiger partial charge in [-0.15, -0.1) is 22.7 Å². The van der Waals surface area contributed by atoms with Crippen molar-refractivity contribution in [2.24, 2.45) is 0 Å². The van der Waals surface area contributed by atoms with Crippen LogP contribution in [0.1, 0.15) is 35.0 Å². The molecule has 1 saturated carbocycles. The van der Waals surface area contributed by atoms with Crippen molar-refractivity contribution in [1.82, 2.24) is 9.97 Å². The second kappa shape index (κ2) is 5.11. The topological polar surface area (TPSA) is 59.9 Å². The van der Waals surface area contributed by atoms with E-state index in [-0.39, 0.29) is 10.1 Å². The highest BCUT2D eigenvalue weighted by molar-refractivity contribution is 7.92. The highest BCUT2D eigenvalue weighted by Crippen LogP contribution is 2.41. The van der Waals surface area contributed by atoms with E-state index in [0.717, 1.165) is 20.8 Å². The van der Waals surface area contributed by atoms with Gasteiger partial charge in [-0.2, -0.15) is 0 Å². The van der Waals surface area contributed by atoms with Crippen molar-refractivity contribution in [2.75, 3.05) is 0 Å². The third-order valence-electron chi connectivity index (χ3n) is 3.62. The molecule has 22 heavy (non-hydrogen) atoms. The molecule has 1 aliphatic rings. The summed E-state index contributed by atoms with van der Waals surface area (Å²) in [5.74, 6) is 0.501. The van der Waals surface area contributed by atoms with Crippen molar-refractivity contribution in [2.45, 2.75) is 35.8 Å². The molecule has 1 fully saturated rings. The first-order valence-corrected chi connectivity index (χ1v) is 10.4. The van der Waals surface area contributed by atoms with Gasteiger partial charge in [-0.3, -0.25) is 0 Å². The highest BCUT2D eigenvalue weighted by atomic mass is 32.2. The monoisotopic (exact) mass is 350 g/mol. The highest BCUT2D eigenvalue weighted by Gasteiger charge is 2.28. The van der Waals surface area contributed by atoms with Crippen LogP contribution in [0, 0.1) is 6.92 Å². The minimum atomic E-state index is -3.43. The molecule has 0 radical (unpaired) electrons. The summed E-state index contributed by atoms with van der Waals surface area (Å²) in [6.45, 7) is 1.97. The van der Waals surface area contributed by atoms with E-state index in [9.17, 15) is 8.42 Å². The van der Waals surface area contributed by atoms with Crippen molar-refractivity contribution >= 4 is 42.7 Å². The summed E-state index contributed by atoms with van der Waals surface area (Å²) in [6, 6.07) is 5.81. The molecule has 0 spiro atoms. The molecule has 0 N–H and O–H groups in total. The fourth-order valence-corrected chi connectivity index (χ4v) is 5.94. The molecule has 1 aromatic carbocycles. The molecule has 0 saturated heterocycles. The number of rotatable bonds is 4. The number of benzene rings is 1. The molecule has 0 unspecified atom stereocenters. The first-order chi connectivity index (χ1) is 10.5. The molecule has 2 heterocycles. The standard InChI is InChI=1S/C15H14N2O2S3/c1-9-2-5-13-12(6-9)17-15(21-13)22(18,19)8-11-7-20-14(16-11)10-3-4-10/h2,5-7,10H,3-4,8H2,1H3. The summed E-state index contributed by atoms with van der Waals surface area (Å²) < 4.78 is 26.2. The van der Waals surface area contributed by atoms with Crippen LogP contribution in [-0.2, 0) is 15.6 Å². The van der Waals surface area contributed by atoms with E-state index in [2.05, 4.69) is 9.97 Å². The third kappa shape index (κ3) is 2.68. The van der Waals surface area contributed by atoms with Crippen LogP contribution in [0.2, 0.25) is 0 Å². The Morgan fingerprint density at radius 1 is 1.27 bits per heavy atom. The molecule has 114 valence electrons. The Hall–Kier alpha value is -1.31. The van der Waals surface area contributed by atoms with Crippen molar-refractivity contribution in [3.8, 4) is 0 Å². The van der Waals surface area contributed by atoms with Gasteiger partial charge >= 0.3 is 0 Å². The molecular weight excluding hydrogens is 336 g/mol. The number of aromatic nitrogens is 2. The van der Waals surface area contributed by atoms with Crippen molar-refractivity contribution < 1.29 is 8.42 Å². The van der Waals surface area contributed by atoms with Gasteiger partial charge in [0, 0.05) is 11.3 Å². The van der Waals surface area contributed by atoms with Gasteiger partial charge in [0.05, 0.1) is 20.9 Å². The molecule has 0 atom stereocenters. The lowest BCUT2D eigenvalue weighted by molar-refractivity contribution is 0.594. The first kappa shape index (κ1) is 14.3. The second-order valence-electron chi connectivity index (χ2n) is 5.66. The van der Waals surface area contributed by atoms with Gasteiger partial charge in [-0.05, 0) is 37.5 Å². The molecule has 4 nitrogen and oxygen atoms in total. The van der Waals surface area contributed by atoms with Crippen molar-refractivity contribution in [3.05, 3.63) is 39.8 Å². The maximum Gasteiger partial charge on any atom is 0.211 e. The normalized spacial score (nSPS) is 15.5. The van der Waals surface area contributed by atoms with Gasteiger partial charge in [0.2, 0.25) is 14.2 Å². The summed E-state index contributed by atoms with van der Waals surface area (Å²) >= 11 is 2.80. The Balaban J connectivity index is 1.65. The minimum absolute atomic E-state index is 0.0605. The zero-order valence-corrected chi connectivity index (χ0v) is 14.4. The number of sulfone groups is 1. The molecule has 3 aromatic rings. The predicted molar refractivity (Wildman–Crippen MR) is 89.3 cm³/mol. The van der Waals surface area contributed by atoms with E-state index in [1.165, 1.54) is 24.2 Å². The van der Waals surface area contributed by atoms with Crippen molar-refractivity contribution in [1.29, 1.82) is 0 Å². The van der Waals surface area contributed by atoms with Crippen molar-refractivity contribution in [3.63, 3.8) is 0 Å². The zero-order valence-electron chi connectivity index (χ0n) is 11.9. The Bertz CT molecular complexity index is 952. The summed E-state index contributed by atoms with van der Waals surface area (Å²) in [7, 11) is -3.43. The van der Waals surface area contributed by atoms with Gasteiger partial charge in [0.15, 0.2) is 0 Å². The molecule has 4 rings (SSSR count). The summed E-state index contributed by atoms with van der Waals surface area (Å²) in [4.78, 5) is 8.77. The maximum atomic E-state index is 12.6. The van der Waals surface area contributed by atoms with Crippen LogP contribution in [0.5, 0.6) is 0 Å². The number of nitrogens with zero attached hydrogens (tertiary/aromatic N) is 2. The molecular formula is C15H14N2O2S3. The average Bonchev–Trinajstić information content (AvgIpc) is 3.05. The Morgan fingerprint density at radius 2 is 2.09 bits per heavy atom. The molecule has 7 heteroatoms.